The maximum Gasteiger partial charge on any atom is 0.285 e. The van der Waals surface area contributed by atoms with Gasteiger partial charge in [0.15, 0.2) is 5.65 Å². The second-order valence-corrected chi connectivity index (χ2v) is 7.38. The van der Waals surface area contributed by atoms with Crippen molar-refractivity contribution in [3.8, 4) is 11.3 Å². The first-order valence-electron chi connectivity index (χ1n) is 8.97. The van der Waals surface area contributed by atoms with Gasteiger partial charge in [0.05, 0.1) is 17.6 Å². The third-order valence-corrected chi connectivity index (χ3v) is 5.23. The van der Waals surface area contributed by atoms with Gasteiger partial charge in [-0.15, -0.1) is 0 Å². The average Bonchev–Trinajstić information content (AvgIpc) is 3.09. The highest BCUT2D eigenvalue weighted by molar-refractivity contribution is 6.30. The van der Waals surface area contributed by atoms with Crippen molar-refractivity contribution in [3.05, 3.63) is 47.5 Å². The maximum atomic E-state index is 11.8. The molecule has 5 N–H and O–H groups in total. The molecule has 0 atom stereocenters. The summed E-state index contributed by atoms with van der Waals surface area (Å²) < 4.78 is 1.64. The molecule has 1 aliphatic carbocycles. The molecule has 140 valence electrons. The smallest absolute Gasteiger partial charge is 0.285 e. The number of anilines is 1. The number of aromatic nitrogens is 3. The number of hydrogen-bond donors (Lipinski definition) is 3. The summed E-state index contributed by atoms with van der Waals surface area (Å²) >= 11 is 5.97. The molecule has 3 aromatic rings. The number of nitrogens with one attached hydrogen (secondary N) is 1. The number of carbonyl (C=O) groups excluding carboxylic acids is 1. The predicted octanol–water partition coefficient (Wildman–Crippen LogP) is 2.83. The Morgan fingerprint density at radius 2 is 1.89 bits per heavy atom. The van der Waals surface area contributed by atoms with Crippen molar-refractivity contribution < 1.29 is 4.79 Å². The Bertz CT molecular complexity index is 976. The van der Waals surface area contributed by atoms with Crippen LogP contribution in [0, 0.1) is 0 Å². The second kappa shape index (κ2) is 7.17. The zero-order valence-corrected chi connectivity index (χ0v) is 15.5. The maximum absolute atomic E-state index is 11.8. The first-order valence-corrected chi connectivity index (χ1v) is 9.35. The van der Waals surface area contributed by atoms with Crippen LogP contribution in [0.15, 0.2) is 36.7 Å². The highest BCUT2D eigenvalue weighted by Gasteiger charge is 2.21. The van der Waals surface area contributed by atoms with E-state index in [9.17, 15) is 4.79 Å². The lowest BCUT2D eigenvalue weighted by atomic mass is 9.92. The third kappa shape index (κ3) is 3.61. The Kier molecular flexibility index (Phi) is 4.72. The molecule has 4 rings (SSSR count). The standard InChI is InChI=1S/C19H21ClN6O/c20-12-3-1-11(2-4-12)16-10-26-18(25-16)15(9-23-19(26)17(22)27)24-14-7-5-13(21)6-8-14/h1-4,9-10,13-14,24H,5-8,21H2,(H2,22,27). The Balaban J connectivity index is 1.74. The van der Waals surface area contributed by atoms with Crippen LogP contribution < -0.4 is 16.8 Å². The van der Waals surface area contributed by atoms with Crippen LogP contribution in [0.1, 0.15) is 36.3 Å². The number of fused-ring (bicyclic) bond motifs is 1. The van der Waals surface area contributed by atoms with Crippen LogP contribution in [0.3, 0.4) is 0 Å². The van der Waals surface area contributed by atoms with Gasteiger partial charge in [0.25, 0.3) is 5.91 Å². The summed E-state index contributed by atoms with van der Waals surface area (Å²) in [7, 11) is 0. The molecule has 1 aromatic carbocycles. The molecule has 2 heterocycles. The molecule has 1 saturated carbocycles. The molecule has 1 aliphatic rings. The summed E-state index contributed by atoms with van der Waals surface area (Å²) in [6, 6.07) is 7.97. The third-order valence-electron chi connectivity index (χ3n) is 4.98. The van der Waals surface area contributed by atoms with Crippen molar-refractivity contribution in [1.29, 1.82) is 0 Å². The van der Waals surface area contributed by atoms with E-state index in [-0.39, 0.29) is 11.9 Å². The van der Waals surface area contributed by atoms with Crippen LogP contribution in [0.5, 0.6) is 0 Å². The molecule has 0 radical (unpaired) electrons. The van der Waals surface area contributed by atoms with Crippen molar-refractivity contribution in [3.63, 3.8) is 0 Å². The monoisotopic (exact) mass is 384 g/mol. The Hall–Kier alpha value is -2.64. The van der Waals surface area contributed by atoms with Gasteiger partial charge >= 0.3 is 0 Å². The van der Waals surface area contributed by atoms with E-state index < -0.39 is 5.91 Å². The van der Waals surface area contributed by atoms with E-state index in [4.69, 9.17) is 28.1 Å². The fourth-order valence-corrected chi connectivity index (χ4v) is 3.63. The first kappa shape index (κ1) is 17.8. The molecule has 0 unspecified atom stereocenters. The van der Waals surface area contributed by atoms with Crippen LogP contribution >= 0.6 is 11.6 Å². The highest BCUT2D eigenvalue weighted by atomic mass is 35.5. The summed E-state index contributed by atoms with van der Waals surface area (Å²) in [4.78, 5) is 20.8. The number of nitrogens with two attached hydrogens (primary N) is 2. The number of rotatable bonds is 4. The van der Waals surface area contributed by atoms with Gasteiger partial charge in [-0.25, -0.2) is 9.97 Å². The van der Waals surface area contributed by atoms with Crippen molar-refractivity contribution in [1.82, 2.24) is 14.4 Å². The van der Waals surface area contributed by atoms with Gasteiger partial charge in [0.1, 0.15) is 0 Å². The van der Waals surface area contributed by atoms with E-state index in [2.05, 4.69) is 10.3 Å². The summed E-state index contributed by atoms with van der Waals surface area (Å²) in [5, 5.41) is 4.16. The Morgan fingerprint density at radius 1 is 1.19 bits per heavy atom. The summed E-state index contributed by atoms with van der Waals surface area (Å²) in [5.74, 6) is -0.454. The van der Waals surface area contributed by atoms with Crippen molar-refractivity contribution in [2.45, 2.75) is 37.8 Å². The molecule has 27 heavy (non-hydrogen) atoms. The zero-order chi connectivity index (χ0) is 19.0. The number of amides is 1. The molecule has 8 heteroatoms. The SMILES string of the molecule is NC(=O)c1ncc(NC2CCC(N)CC2)c2nc(-c3ccc(Cl)cc3)cn12. The minimum Gasteiger partial charge on any atom is -0.378 e. The van der Waals surface area contributed by atoms with E-state index in [1.54, 1.807) is 28.9 Å². The second-order valence-electron chi connectivity index (χ2n) is 6.94. The Morgan fingerprint density at radius 3 is 2.56 bits per heavy atom. The minimum absolute atomic E-state index is 0.147. The molecule has 0 bridgehead atoms. The van der Waals surface area contributed by atoms with Crippen LogP contribution in [0.4, 0.5) is 5.69 Å². The van der Waals surface area contributed by atoms with Gasteiger partial charge in [-0.3, -0.25) is 9.20 Å². The Labute approximate surface area is 161 Å². The normalized spacial score (nSPS) is 19.9. The van der Waals surface area contributed by atoms with E-state index in [0.29, 0.717) is 16.7 Å². The lowest BCUT2D eigenvalue weighted by molar-refractivity contribution is 0.0989. The van der Waals surface area contributed by atoms with Gasteiger partial charge < -0.3 is 16.8 Å². The van der Waals surface area contributed by atoms with Crippen molar-refractivity contribution >= 4 is 28.8 Å². The summed E-state index contributed by atoms with van der Waals surface area (Å²) in [5.41, 5.74) is 14.5. The average molecular weight is 385 g/mol. The minimum atomic E-state index is -0.602. The largest absolute Gasteiger partial charge is 0.378 e. The number of carbonyl (C=O) groups is 1. The zero-order valence-electron chi connectivity index (χ0n) is 14.7. The lowest BCUT2D eigenvalue weighted by Gasteiger charge is -2.27. The van der Waals surface area contributed by atoms with E-state index in [1.807, 2.05) is 12.1 Å². The van der Waals surface area contributed by atoms with Gasteiger partial charge in [-0.2, -0.15) is 0 Å². The van der Waals surface area contributed by atoms with E-state index in [1.165, 1.54) is 0 Å². The first-order chi connectivity index (χ1) is 13.0. The molecule has 7 nitrogen and oxygen atoms in total. The molecule has 2 aromatic heterocycles. The molecular formula is C19H21ClN6O. The van der Waals surface area contributed by atoms with Crippen LogP contribution in [-0.2, 0) is 0 Å². The van der Waals surface area contributed by atoms with Crippen molar-refractivity contribution in [2.75, 3.05) is 5.32 Å². The van der Waals surface area contributed by atoms with E-state index in [0.717, 1.165) is 42.6 Å². The molecular weight excluding hydrogens is 364 g/mol. The molecule has 0 aliphatic heterocycles. The number of halogens is 1. The number of hydrogen-bond acceptors (Lipinski definition) is 5. The topological polar surface area (TPSA) is 111 Å². The van der Waals surface area contributed by atoms with Gasteiger partial charge in [0, 0.05) is 28.9 Å². The quantitative estimate of drug-likeness (QED) is 0.640. The van der Waals surface area contributed by atoms with Crippen LogP contribution in [0.25, 0.3) is 16.9 Å². The van der Waals surface area contributed by atoms with Gasteiger partial charge in [-0.1, -0.05) is 23.7 Å². The molecule has 0 saturated heterocycles. The lowest BCUT2D eigenvalue weighted by Crippen LogP contribution is -2.33. The number of primary amides is 1. The number of imidazole rings is 1. The number of nitrogens with zero attached hydrogens (tertiary/aromatic N) is 3. The van der Waals surface area contributed by atoms with Gasteiger partial charge in [0.2, 0.25) is 5.82 Å². The summed E-state index contributed by atoms with van der Waals surface area (Å²) in [6.07, 6.45) is 7.37. The van der Waals surface area contributed by atoms with Crippen LogP contribution in [0.2, 0.25) is 5.02 Å². The number of benzene rings is 1. The van der Waals surface area contributed by atoms with Gasteiger partial charge in [-0.05, 0) is 37.8 Å². The molecule has 0 spiro atoms. The fourth-order valence-electron chi connectivity index (χ4n) is 3.50. The van der Waals surface area contributed by atoms with E-state index >= 15 is 0 Å². The predicted molar refractivity (Wildman–Crippen MR) is 106 cm³/mol. The molecule has 1 amide bonds. The van der Waals surface area contributed by atoms with Crippen molar-refractivity contribution in [2.24, 2.45) is 11.5 Å². The summed E-state index contributed by atoms with van der Waals surface area (Å²) in [6.45, 7) is 0. The highest BCUT2D eigenvalue weighted by Crippen LogP contribution is 2.27. The van der Waals surface area contributed by atoms with Crippen LogP contribution in [-0.4, -0.2) is 32.4 Å². The molecule has 1 fully saturated rings. The fraction of sp³-hybridized carbons (Fsp3) is 0.316.